The fraction of sp³-hybridized carbons (Fsp3) is 0.0345. The molecule has 4 heteroatoms. The summed E-state index contributed by atoms with van der Waals surface area (Å²) in [5.74, 6) is 0.922. The van der Waals surface area contributed by atoms with E-state index in [9.17, 15) is 0 Å². The smallest absolute Gasteiger partial charge is 0.330 e. The van der Waals surface area contributed by atoms with Gasteiger partial charge in [0.2, 0.25) is 0 Å². The topological polar surface area (TPSA) is 29.0 Å². The molecule has 0 N–H and O–H groups in total. The van der Waals surface area contributed by atoms with Crippen LogP contribution in [0.25, 0.3) is 22.5 Å². The number of aromatic nitrogens is 2. The Kier molecular flexibility index (Phi) is 9.11. The van der Waals surface area contributed by atoms with Crippen molar-refractivity contribution in [1.29, 1.82) is 0 Å². The third kappa shape index (κ3) is 6.71. The number of hydrogen-bond donors (Lipinski definition) is 0. The van der Waals surface area contributed by atoms with Gasteiger partial charge in [-0.25, -0.2) is 0 Å². The summed E-state index contributed by atoms with van der Waals surface area (Å²) in [7, 11) is 2.02. The second-order valence-electron chi connectivity index (χ2n) is 7.04. The molecular weight excluding hydrogens is 585 g/mol. The largest absolute Gasteiger partial charge is 2.00 e. The van der Waals surface area contributed by atoms with Gasteiger partial charge in [0, 0.05) is 18.9 Å². The third-order valence-electron chi connectivity index (χ3n) is 4.86. The molecule has 0 fully saturated rings. The van der Waals surface area contributed by atoms with E-state index >= 15 is 0 Å². The minimum Gasteiger partial charge on any atom is -0.330 e. The van der Waals surface area contributed by atoms with E-state index in [1.165, 1.54) is 0 Å². The Morgan fingerprint density at radius 3 is 1.82 bits per heavy atom. The van der Waals surface area contributed by atoms with Crippen LogP contribution in [0.5, 0.6) is 0 Å². The SMILES string of the molecule is CN(c1ccccc1)c1cccc(-c2[c-]cccc2)n1.[Pt+2].[c-]1ccccc1-c1ccccn1. The van der Waals surface area contributed by atoms with Gasteiger partial charge in [-0.2, -0.15) is 0 Å². The maximum absolute atomic E-state index is 4.71. The van der Waals surface area contributed by atoms with Crippen molar-refractivity contribution in [3.05, 3.63) is 134 Å². The maximum atomic E-state index is 4.71. The molecule has 0 unspecified atom stereocenters. The molecule has 5 aromatic rings. The van der Waals surface area contributed by atoms with Gasteiger partial charge in [-0.15, -0.1) is 71.8 Å². The Balaban J connectivity index is 0.000000202. The van der Waals surface area contributed by atoms with Crippen molar-refractivity contribution >= 4 is 11.5 Å². The van der Waals surface area contributed by atoms with Crippen LogP contribution < -0.4 is 4.90 Å². The van der Waals surface area contributed by atoms with Crippen molar-refractivity contribution < 1.29 is 21.1 Å². The van der Waals surface area contributed by atoms with Gasteiger partial charge in [-0.05, 0) is 35.7 Å². The monoisotopic (exact) mass is 608 g/mol. The molecule has 5 rings (SSSR count). The summed E-state index contributed by atoms with van der Waals surface area (Å²) < 4.78 is 0. The number of hydrogen-bond acceptors (Lipinski definition) is 3. The fourth-order valence-electron chi connectivity index (χ4n) is 3.17. The first kappa shape index (κ1) is 24.1. The summed E-state index contributed by atoms with van der Waals surface area (Å²) in [4.78, 5) is 11.0. The van der Waals surface area contributed by atoms with E-state index in [0.717, 1.165) is 34.0 Å². The average molecular weight is 609 g/mol. The van der Waals surface area contributed by atoms with E-state index in [4.69, 9.17) is 4.98 Å². The molecule has 0 saturated carbocycles. The normalized spacial score (nSPS) is 9.73. The quantitative estimate of drug-likeness (QED) is 0.209. The first-order valence-electron chi connectivity index (χ1n) is 10.4. The van der Waals surface area contributed by atoms with Crippen LogP contribution in [0.1, 0.15) is 0 Å². The van der Waals surface area contributed by atoms with Gasteiger partial charge in [0.05, 0.1) is 0 Å². The molecule has 0 spiro atoms. The van der Waals surface area contributed by atoms with Gasteiger partial charge >= 0.3 is 21.1 Å². The van der Waals surface area contributed by atoms with Crippen LogP contribution in [0.2, 0.25) is 0 Å². The van der Waals surface area contributed by atoms with Crippen LogP contribution in [-0.4, -0.2) is 17.0 Å². The first-order chi connectivity index (χ1) is 15.8. The van der Waals surface area contributed by atoms with Crippen molar-refractivity contribution in [2.24, 2.45) is 0 Å². The Labute approximate surface area is 210 Å². The van der Waals surface area contributed by atoms with Gasteiger partial charge < -0.3 is 9.88 Å². The fourth-order valence-corrected chi connectivity index (χ4v) is 3.17. The summed E-state index contributed by atoms with van der Waals surface area (Å²) in [5.41, 5.74) is 5.08. The van der Waals surface area contributed by atoms with Crippen LogP contribution in [0.3, 0.4) is 0 Å². The van der Waals surface area contributed by atoms with Crippen molar-refractivity contribution in [2.45, 2.75) is 0 Å². The maximum Gasteiger partial charge on any atom is 2.00 e. The molecular formula is C29H23N3Pt. The van der Waals surface area contributed by atoms with Gasteiger partial charge in [0.15, 0.2) is 0 Å². The number of rotatable bonds is 4. The first-order valence-corrected chi connectivity index (χ1v) is 10.4. The number of anilines is 2. The van der Waals surface area contributed by atoms with Gasteiger partial charge in [0.25, 0.3) is 0 Å². The van der Waals surface area contributed by atoms with E-state index in [1.807, 2.05) is 110 Å². The number of benzene rings is 3. The predicted octanol–water partition coefficient (Wildman–Crippen LogP) is 6.86. The summed E-state index contributed by atoms with van der Waals surface area (Å²) in [5, 5.41) is 0. The summed E-state index contributed by atoms with van der Waals surface area (Å²) in [6.07, 6.45) is 1.79. The zero-order valence-electron chi connectivity index (χ0n) is 18.2. The molecule has 3 aromatic carbocycles. The molecule has 0 aliphatic carbocycles. The minimum absolute atomic E-state index is 0. The second kappa shape index (κ2) is 12.5. The van der Waals surface area contributed by atoms with Crippen molar-refractivity contribution in [3.63, 3.8) is 0 Å². The van der Waals surface area contributed by atoms with E-state index in [2.05, 4.69) is 34.1 Å². The van der Waals surface area contributed by atoms with Gasteiger partial charge in [-0.3, -0.25) is 4.98 Å². The third-order valence-corrected chi connectivity index (χ3v) is 4.86. The summed E-state index contributed by atoms with van der Waals surface area (Å²) in [6, 6.07) is 44.2. The Morgan fingerprint density at radius 1 is 0.606 bits per heavy atom. The molecule has 3 nitrogen and oxygen atoms in total. The molecule has 0 amide bonds. The predicted molar refractivity (Wildman–Crippen MR) is 132 cm³/mol. The molecule has 2 aromatic heterocycles. The molecule has 164 valence electrons. The molecule has 0 aliphatic heterocycles. The van der Waals surface area contributed by atoms with Crippen LogP contribution in [-0.2, 0) is 21.1 Å². The van der Waals surface area contributed by atoms with E-state index in [1.54, 1.807) is 6.20 Å². The number of nitrogens with zero attached hydrogens (tertiary/aromatic N) is 3. The minimum atomic E-state index is 0. The van der Waals surface area contributed by atoms with E-state index < -0.39 is 0 Å². The zero-order valence-corrected chi connectivity index (χ0v) is 20.5. The summed E-state index contributed by atoms with van der Waals surface area (Å²) in [6.45, 7) is 0. The Hall–Kier alpha value is -3.55. The Bertz CT molecular complexity index is 1180. The Morgan fingerprint density at radius 2 is 1.21 bits per heavy atom. The van der Waals surface area contributed by atoms with E-state index in [-0.39, 0.29) is 21.1 Å². The molecule has 0 aliphatic rings. The van der Waals surface area contributed by atoms with Gasteiger partial charge in [-0.1, -0.05) is 42.5 Å². The average Bonchev–Trinajstić information content (AvgIpc) is 2.91. The zero-order chi connectivity index (χ0) is 22.0. The summed E-state index contributed by atoms with van der Waals surface area (Å²) >= 11 is 0. The van der Waals surface area contributed by atoms with Gasteiger partial charge in [0.1, 0.15) is 5.82 Å². The second-order valence-corrected chi connectivity index (χ2v) is 7.04. The standard InChI is InChI=1S/C18H15N2.C11H8N.Pt/c1-20(16-11-6-3-7-12-16)18-14-8-13-17(19-18)15-9-4-2-5-10-15;1-2-6-10(7-3-1)11-8-4-5-9-12-11;/h2-9,11-14H,1H3;1-6,8-9H;/q2*-1;+2. The van der Waals surface area contributed by atoms with Crippen LogP contribution in [0.15, 0.2) is 121 Å². The number of pyridine rings is 2. The number of para-hydroxylation sites is 1. The molecule has 33 heavy (non-hydrogen) atoms. The van der Waals surface area contributed by atoms with Crippen molar-refractivity contribution in [2.75, 3.05) is 11.9 Å². The van der Waals surface area contributed by atoms with Crippen molar-refractivity contribution in [3.8, 4) is 22.5 Å². The van der Waals surface area contributed by atoms with E-state index in [0.29, 0.717) is 0 Å². The van der Waals surface area contributed by atoms with Crippen LogP contribution in [0, 0.1) is 12.1 Å². The molecule has 0 atom stereocenters. The molecule has 0 radical (unpaired) electrons. The van der Waals surface area contributed by atoms with Crippen LogP contribution >= 0.6 is 0 Å². The molecule has 0 saturated heterocycles. The molecule has 0 bridgehead atoms. The van der Waals surface area contributed by atoms with Crippen LogP contribution in [0.4, 0.5) is 11.5 Å². The molecule has 2 heterocycles. The van der Waals surface area contributed by atoms with Crippen molar-refractivity contribution in [1.82, 2.24) is 9.97 Å².